The van der Waals surface area contributed by atoms with Crippen LogP contribution in [0.1, 0.15) is 46.3 Å². The summed E-state index contributed by atoms with van der Waals surface area (Å²) < 4.78 is 15.3. The van der Waals surface area contributed by atoms with Crippen LogP contribution in [0.2, 0.25) is 0 Å². The highest BCUT2D eigenvalue weighted by molar-refractivity contribution is 5.92. The number of aromatic amines is 1. The Balaban J connectivity index is 1.92. The monoisotopic (exact) mass is 480 g/mol. The summed E-state index contributed by atoms with van der Waals surface area (Å²) in [5, 5.41) is 13.7. The van der Waals surface area contributed by atoms with E-state index in [1.165, 1.54) is 7.11 Å². The van der Waals surface area contributed by atoms with E-state index in [0.29, 0.717) is 17.1 Å². The molecule has 0 radical (unpaired) electrons. The first-order chi connectivity index (χ1) is 16.9. The zero-order chi connectivity index (χ0) is 25.4. The van der Waals surface area contributed by atoms with Crippen molar-refractivity contribution in [2.45, 2.75) is 25.8 Å². The number of nitrogens with one attached hydrogen (secondary N) is 2. The van der Waals surface area contributed by atoms with E-state index in [4.69, 9.17) is 14.2 Å². The molecule has 1 aromatic heterocycles. The smallest absolute Gasteiger partial charge is 0.343 e. The van der Waals surface area contributed by atoms with Crippen LogP contribution in [0.25, 0.3) is 0 Å². The van der Waals surface area contributed by atoms with E-state index in [1.807, 2.05) is 12.1 Å². The van der Waals surface area contributed by atoms with Gasteiger partial charge < -0.3 is 29.6 Å². The lowest BCUT2D eigenvalue weighted by atomic mass is 9.87. The summed E-state index contributed by atoms with van der Waals surface area (Å²) in [6.45, 7) is 2.00. The van der Waals surface area contributed by atoms with Crippen LogP contribution in [0.3, 0.4) is 0 Å². The van der Waals surface area contributed by atoms with Crippen LogP contribution in [0.5, 0.6) is 17.2 Å². The third-order valence-electron chi connectivity index (χ3n) is 5.50. The van der Waals surface area contributed by atoms with Crippen molar-refractivity contribution in [3.05, 3.63) is 87.3 Å². The summed E-state index contributed by atoms with van der Waals surface area (Å²) in [5.41, 5.74) is 0.565. The van der Waals surface area contributed by atoms with Gasteiger partial charge in [0.05, 0.1) is 26.4 Å². The molecule has 3 aromatic rings. The summed E-state index contributed by atoms with van der Waals surface area (Å²) in [6.07, 6.45) is 0.958. The minimum absolute atomic E-state index is 0.0969. The molecule has 0 saturated heterocycles. The zero-order valence-corrected chi connectivity index (χ0v) is 19.8. The van der Waals surface area contributed by atoms with Gasteiger partial charge in [0.2, 0.25) is 5.91 Å². The van der Waals surface area contributed by atoms with Crippen molar-refractivity contribution in [1.29, 1.82) is 0 Å². The first-order valence-electron chi connectivity index (χ1n) is 11.0. The summed E-state index contributed by atoms with van der Waals surface area (Å²) in [5.74, 6) is -1.18. The molecule has 35 heavy (non-hydrogen) atoms. The van der Waals surface area contributed by atoms with Crippen LogP contribution >= 0.6 is 0 Å². The van der Waals surface area contributed by atoms with Gasteiger partial charge in [-0.1, -0.05) is 24.3 Å². The SMILES string of the molecule is CCOC(=O)c1c[nH]c(=O)c([C@H](CC(=O)NCc2ccc(OC)cc2)c2ccc(OC)cc2)c1O. The maximum atomic E-state index is 12.9. The third-order valence-corrected chi connectivity index (χ3v) is 5.50. The molecule has 9 nitrogen and oxygen atoms in total. The maximum Gasteiger partial charge on any atom is 0.343 e. The number of benzene rings is 2. The van der Waals surface area contributed by atoms with E-state index >= 15 is 0 Å². The fraction of sp³-hybridized carbons (Fsp3) is 0.269. The number of pyridine rings is 1. The Labute approximate surface area is 202 Å². The molecule has 1 atom stereocenters. The van der Waals surface area contributed by atoms with Gasteiger partial charge in [-0.05, 0) is 42.3 Å². The number of carbonyl (C=O) groups is 2. The van der Waals surface area contributed by atoms with Gasteiger partial charge in [0.25, 0.3) is 5.56 Å². The van der Waals surface area contributed by atoms with Crippen molar-refractivity contribution < 1.29 is 28.9 Å². The first-order valence-corrected chi connectivity index (χ1v) is 11.0. The summed E-state index contributed by atoms with van der Waals surface area (Å²) in [7, 11) is 3.10. The second-order valence-electron chi connectivity index (χ2n) is 7.67. The van der Waals surface area contributed by atoms with Gasteiger partial charge in [0, 0.05) is 25.1 Å². The van der Waals surface area contributed by atoms with E-state index in [2.05, 4.69) is 10.3 Å². The second-order valence-corrected chi connectivity index (χ2v) is 7.67. The Morgan fingerprint density at radius 2 is 1.60 bits per heavy atom. The van der Waals surface area contributed by atoms with Crippen LogP contribution in [0, 0.1) is 0 Å². The van der Waals surface area contributed by atoms with E-state index in [1.54, 1.807) is 50.4 Å². The fourth-order valence-corrected chi connectivity index (χ4v) is 3.65. The fourth-order valence-electron chi connectivity index (χ4n) is 3.65. The van der Waals surface area contributed by atoms with Crippen molar-refractivity contribution in [2.75, 3.05) is 20.8 Å². The molecule has 3 N–H and O–H groups in total. The average molecular weight is 481 g/mol. The highest BCUT2D eigenvalue weighted by atomic mass is 16.5. The molecular formula is C26H28N2O7. The maximum absolute atomic E-state index is 12.9. The molecule has 0 aliphatic rings. The largest absolute Gasteiger partial charge is 0.506 e. The molecule has 2 aromatic carbocycles. The van der Waals surface area contributed by atoms with Gasteiger partial charge in [-0.2, -0.15) is 0 Å². The first kappa shape index (κ1) is 25.4. The van der Waals surface area contributed by atoms with Crippen molar-refractivity contribution in [3.63, 3.8) is 0 Å². The lowest BCUT2D eigenvalue weighted by Crippen LogP contribution is -2.27. The third kappa shape index (κ3) is 6.20. The van der Waals surface area contributed by atoms with E-state index in [-0.39, 0.29) is 36.6 Å². The molecule has 1 heterocycles. The van der Waals surface area contributed by atoms with Crippen LogP contribution in [-0.2, 0) is 16.1 Å². The van der Waals surface area contributed by atoms with Crippen molar-refractivity contribution in [3.8, 4) is 17.2 Å². The molecule has 0 bridgehead atoms. The van der Waals surface area contributed by atoms with E-state index in [9.17, 15) is 19.5 Å². The minimum atomic E-state index is -0.838. The van der Waals surface area contributed by atoms with Gasteiger partial charge in [-0.25, -0.2) is 4.79 Å². The van der Waals surface area contributed by atoms with Gasteiger partial charge in [-0.15, -0.1) is 0 Å². The van der Waals surface area contributed by atoms with Crippen LogP contribution in [-0.4, -0.2) is 42.8 Å². The van der Waals surface area contributed by atoms with Crippen molar-refractivity contribution in [2.24, 2.45) is 0 Å². The predicted molar refractivity (Wildman–Crippen MR) is 129 cm³/mol. The minimum Gasteiger partial charge on any atom is -0.506 e. The lowest BCUT2D eigenvalue weighted by Gasteiger charge is -2.19. The number of hydrogen-bond donors (Lipinski definition) is 3. The highest BCUT2D eigenvalue weighted by Gasteiger charge is 2.28. The molecule has 0 fully saturated rings. The van der Waals surface area contributed by atoms with Crippen LogP contribution in [0.4, 0.5) is 0 Å². The molecule has 3 rings (SSSR count). The molecule has 0 unspecified atom stereocenters. The number of H-pyrrole nitrogens is 1. The van der Waals surface area contributed by atoms with E-state index in [0.717, 1.165) is 11.8 Å². The van der Waals surface area contributed by atoms with Gasteiger partial charge in [0.15, 0.2) is 0 Å². The van der Waals surface area contributed by atoms with Gasteiger partial charge in [0.1, 0.15) is 22.8 Å². The molecule has 184 valence electrons. The summed E-state index contributed by atoms with van der Waals surface area (Å²) in [6, 6.07) is 14.0. The highest BCUT2D eigenvalue weighted by Crippen LogP contribution is 2.34. The number of ether oxygens (including phenoxy) is 3. The Bertz CT molecular complexity index is 1220. The lowest BCUT2D eigenvalue weighted by molar-refractivity contribution is -0.121. The number of aromatic nitrogens is 1. The number of methoxy groups -OCH3 is 2. The van der Waals surface area contributed by atoms with Crippen molar-refractivity contribution >= 4 is 11.9 Å². The molecule has 0 saturated carbocycles. The summed E-state index contributed by atoms with van der Waals surface area (Å²) in [4.78, 5) is 40.5. The van der Waals surface area contributed by atoms with Crippen LogP contribution in [0.15, 0.2) is 59.5 Å². The van der Waals surface area contributed by atoms with Gasteiger partial charge in [-0.3, -0.25) is 9.59 Å². The Kier molecular flexibility index (Phi) is 8.50. The van der Waals surface area contributed by atoms with E-state index < -0.39 is 23.2 Å². The Morgan fingerprint density at radius 3 is 2.17 bits per heavy atom. The van der Waals surface area contributed by atoms with Crippen LogP contribution < -0.4 is 20.3 Å². The number of hydrogen-bond acceptors (Lipinski definition) is 7. The number of rotatable bonds is 10. The zero-order valence-electron chi connectivity index (χ0n) is 19.8. The Morgan fingerprint density at radius 1 is 1.00 bits per heavy atom. The molecule has 0 spiro atoms. The molecule has 0 aliphatic heterocycles. The summed E-state index contributed by atoms with van der Waals surface area (Å²) >= 11 is 0. The average Bonchev–Trinajstić information content (AvgIpc) is 2.87. The molecular weight excluding hydrogens is 452 g/mol. The van der Waals surface area contributed by atoms with Gasteiger partial charge >= 0.3 is 5.97 Å². The Hall–Kier alpha value is -4.27. The number of amides is 1. The quantitative estimate of drug-likeness (QED) is 0.381. The number of carbonyl (C=O) groups excluding carboxylic acids is 2. The topological polar surface area (TPSA) is 127 Å². The molecule has 1 amide bonds. The standard InChI is InChI=1S/C26H28N2O7/c1-4-35-26(32)21-15-28-25(31)23(24(21)30)20(17-7-11-19(34-3)12-8-17)13-22(29)27-14-16-5-9-18(33-2)10-6-16/h5-12,15,20H,4,13-14H2,1-3H3,(H,27,29)(H2,28,30,31)/t20-/m1/s1. The predicted octanol–water partition coefficient (Wildman–Crippen LogP) is 3.11. The van der Waals surface area contributed by atoms with Crippen molar-refractivity contribution in [1.82, 2.24) is 10.3 Å². The normalized spacial score (nSPS) is 11.4. The molecule has 0 aliphatic carbocycles. The molecule has 9 heteroatoms. The number of aromatic hydroxyl groups is 1. The number of esters is 1. The second kappa shape index (κ2) is 11.7.